The van der Waals surface area contributed by atoms with Crippen molar-refractivity contribution in [1.82, 2.24) is 10.6 Å². The van der Waals surface area contributed by atoms with E-state index in [9.17, 15) is 14.0 Å². The predicted octanol–water partition coefficient (Wildman–Crippen LogP) is 1.43. The van der Waals surface area contributed by atoms with Crippen LogP contribution in [0.5, 0.6) is 0 Å². The number of nitrogens with one attached hydrogen (secondary N) is 2. The molecule has 0 bridgehead atoms. The number of piperidine rings is 1. The van der Waals surface area contributed by atoms with Gasteiger partial charge in [-0.2, -0.15) is 0 Å². The number of rotatable bonds is 1. The lowest BCUT2D eigenvalue weighted by molar-refractivity contribution is -0.124. The highest BCUT2D eigenvalue weighted by atomic mass is 35.5. The highest BCUT2D eigenvalue weighted by Gasteiger charge is 2.53. The quantitative estimate of drug-likeness (QED) is 0.771. The third-order valence-electron chi connectivity index (χ3n) is 3.77. The van der Waals surface area contributed by atoms with Crippen LogP contribution >= 0.6 is 12.4 Å². The van der Waals surface area contributed by atoms with Crippen molar-refractivity contribution in [2.45, 2.75) is 18.4 Å². The summed E-state index contributed by atoms with van der Waals surface area (Å²) in [5.41, 5.74) is -0.457. The van der Waals surface area contributed by atoms with Gasteiger partial charge in [-0.3, -0.25) is 15.0 Å². The fourth-order valence-corrected chi connectivity index (χ4v) is 2.84. The maximum Gasteiger partial charge on any atom is 0.329 e. The van der Waals surface area contributed by atoms with Crippen LogP contribution in [0.15, 0.2) is 24.3 Å². The van der Waals surface area contributed by atoms with E-state index in [-0.39, 0.29) is 18.3 Å². The van der Waals surface area contributed by atoms with Gasteiger partial charge in [0.25, 0.3) is 5.91 Å². The fourth-order valence-electron chi connectivity index (χ4n) is 2.84. The molecule has 3 rings (SSSR count). The Labute approximate surface area is 121 Å². The first-order chi connectivity index (χ1) is 9.13. The van der Waals surface area contributed by atoms with Gasteiger partial charge in [0.05, 0.1) is 0 Å². The van der Waals surface area contributed by atoms with Crippen molar-refractivity contribution >= 4 is 30.0 Å². The van der Waals surface area contributed by atoms with E-state index < -0.39 is 17.4 Å². The number of amides is 3. The van der Waals surface area contributed by atoms with E-state index in [0.717, 1.165) is 0 Å². The molecule has 1 spiro atoms. The second-order valence-electron chi connectivity index (χ2n) is 4.86. The summed E-state index contributed by atoms with van der Waals surface area (Å²) < 4.78 is 13.3. The van der Waals surface area contributed by atoms with Gasteiger partial charge in [0.2, 0.25) is 0 Å². The number of halogens is 2. The molecule has 5 nitrogen and oxygen atoms in total. The predicted molar refractivity (Wildman–Crippen MR) is 74.5 cm³/mol. The van der Waals surface area contributed by atoms with E-state index in [0.29, 0.717) is 31.6 Å². The van der Waals surface area contributed by atoms with Crippen LogP contribution in [0, 0.1) is 5.82 Å². The molecule has 2 fully saturated rings. The van der Waals surface area contributed by atoms with Crippen LogP contribution in [-0.2, 0) is 4.79 Å². The topological polar surface area (TPSA) is 61.4 Å². The highest BCUT2D eigenvalue weighted by molar-refractivity contribution is 6.17. The van der Waals surface area contributed by atoms with Gasteiger partial charge in [-0.1, -0.05) is 6.07 Å². The molecule has 1 aromatic rings. The normalized spacial score (nSPS) is 20.8. The minimum Gasteiger partial charge on any atom is -0.317 e. The van der Waals surface area contributed by atoms with E-state index in [4.69, 9.17) is 0 Å². The van der Waals surface area contributed by atoms with E-state index in [1.54, 1.807) is 6.07 Å². The Hall–Kier alpha value is -1.66. The minimum atomic E-state index is -0.879. The lowest BCUT2D eigenvalue weighted by Gasteiger charge is -2.38. The standard InChI is InChI=1S/C13H14FN3O2.ClH/c14-9-2-1-3-10(8-9)17-12(19)16-11(18)13(17)4-6-15-7-5-13;/h1-3,8,15H,4-7H2,(H,16,18,19);1H. The molecule has 0 aromatic heterocycles. The Kier molecular flexibility index (Phi) is 3.96. The molecule has 0 atom stereocenters. The summed E-state index contributed by atoms with van der Waals surface area (Å²) in [7, 11) is 0. The number of nitrogens with zero attached hydrogens (tertiary/aromatic N) is 1. The molecule has 3 amide bonds. The number of urea groups is 1. The third kappa shape index (κ3) is 2.14. The zero-order chi connectivity index (χ0) is 13.5. The second-order valence-corrected chi connectivity index (χ2v) is 4.86. The lowest BCUT2D eigenvalue weighted by atomic mass is 9.86. The smallest absolute Gasteiger partial charge is 0.317 e. The molecule has 2 N–H and O–H groups in total. The van der Waals surface area contributed by atoms with Crippen LogP contribution in [0.2, 0.25) is 0 Å². The van der Waals surface area contributed by atoms with E-state index in [1.165, 1.54) is 23.1 Å². The summed E-state index contributed by atoms with van der Waals surface area (Å²) >= 11 is 0. The van der Waals surface area contributed by atoms with Gasteiger partial charge >= 0.3 is 6.03 Å². The molecule has 2 saturated heterocycles. The van der Waals surface area contributed by atoms with Crippen LogP contribution in [0.1, 0.15) is 12.8 Å². The van der Waals surface area contributed by atoms with E-state index in [2.05, 4.69) is 10.6 Å². The summed E-state index contributed by atoms with van der Waals surface area (Å²) in [5.74, 6) is -0.711. The van der Waals surface area contributed by atoms with Crippen LogP contribution in [0.3, 0.4) is 0 Å². The maximum absolute atomic E-state index is 13.3. The molecule has 2 heterocycles. The average molecular weight is 300 g/mol. The first kappa shape index (κ1) is 14.7. The molecule has 0 aliphatic carbocycles. The summed E-state index contributed by atoms with van der Waals surface area (Å²) in [6, 6.07) is 5.30. The van der Waals surface area contributed by atoms with Crippen molar-refractivity contribution in [3.63, 3.8) is 0 Å². The lowest BCUT2D eigenvalue weighted by Crippen LogP contribution is -2.56. The Morgan fingerprint density at radius 3 is 2.55 bits per heavy atom. The van der Waals surface area contributed by atoms with Crippen LogP contribution in [0.4, 0.5) is 14.9 Å². The molecule has 7 heteroatoms. The Morgan fingerprint density at radius 1 is 1.20 bits per heavy atom. The summed E-state index contributed by atoms with van der Waals surface area (Å²) in [5, 5.41) is 5.51. The Bertz CT molecular complexity index is 546. The van der Waals surface area contributed by atoms with E-state index in [1.807, 2.05) is 0 Å². The number of anilines is 1. The largest absolute Gasteiger partial charge is 0.329 e. The number of carbonyl (C=O) groups excluding carboxylic acids is 2. The Morgan fingerprint density at radius 2 is 1.90 bits per heavy atom. The van der Waals surface area contributed by atoms with Crippen LogP contribution in [-0.4, -0.2) is 30.6 Å². The number of benzene rings is 1. The molecule has 2 aliphatic heterocycles. The SMILES string of the molecule is Cl.O=C1NC(=O)C2(CCNCC2)N1c1cccc(F)c1. The van der Waals surface area contributed by atoms with Crippen molar-refractivity contribution in [3.05, 3.63) is 30.1 Å². The maximum atomic E-state index is 13.3. The van der Waals surface area contributed by atoms with Gasteiger partial charge in [-0.05, 0) is 44.1 Å². The van der Waals surface area contributed by atoms with E-state index >= 15 is 0 Å². The first-order valence-electron chi connectivity index (χ1n) is 6.25. The molecule has 2 aliphatic rings. The van der Waals surface area contributed by atoms with Gasteiger partial charge in [-0.15, -0.1) is 12.4 Å². The molecule has 1 aromatic carbocycles. The monoisotopic (exact) mass is 299 g/mol. The van der Waals surface area contributed by atoms with Gasteiger partial charge in [0.1, 0.15) is 11.4 Å². The van der Waals surface area contributed by atoms with Crippen molar-refractivity contribution in [2.75, 3.05) is 18.0 Å². The molecular weight excluding hydrogens is 285 g/mol. The number of carbonyl (C=O) groups is 2. The molecule has 0 unspecified atom stereocenters. The third-order valence-corrected chi connectivity index (χ3v) is 3.77. The summed E-state index contributed by atoms with van der Waals surface area (Å²) in [6.45, 7) is 1.32. The van der Waals surface area contributed by atoms with Crippen molar-refractivity contribution < 1.29 is 14.0 Å². The molecule has 108 valence electrons. The first-order valence-corrected chi connectivity index (χ1v) is 6.25. The number of hydrogen-bond acceptors (Lipinski definition) is 3. The van der Waals surface area contributed by atoms with Gasteiger partial charge in [-0.25, -0.2) is 9.18 Å². The molecular formula is C13H15ClFN3O2. The number of imide groups is 1. The fraction of sp³-hybridized carbons (Fsp3) is 0.385. The van der Waals surface area contributed by atoms with Gasteiger partial charge in [0.15, 0.2) is 0 Å². The zero-order valence-corrected chi connectivity index (χ0v) is 11.5. The average Bonchev–Trinajstić information content (AvgIpc) is 2.62. The van der Waals surface area contributed by atoms with Crippen molar-refractivity contribution in [3.8, 4) is 0 Å². The molecule has 20 heavy (non-hydrogen) atoms. The summed E-state index contributed by atoms with van der Waals surface area (Å²) in [4.78, 5) is 25.6. The summed E-state index contributed by atoms with van der Waals surface area (Å²) in [6.07, 6.45) is 1.06. The van der Waals surface area contributed by atoms with Gasteiger partial charge < -0.3 is 5.32 Å². The number of hydrogen-bond donors (Lipinski definition) is 2. The Balaban J connectivity index is 0.00000147. The van der Waals surface area contributed by atoms with Crippen molar-refractivity contribution in [1.29, 1.82) is 0 Å². The van der Waals surface area contributed by atoms with Crippen LogP contribution < -0.4 is 15.5 Å². The molecule has 0 saturated carbocycles. The van der Waals surface area contributed by atoms with Crippen molar-refractivity contribution in [2.24, 2.45) is 0 Å². The second kappa shape index (κ2) is 5.38. The zero-order valence-electron chi connectivity index (χ0n) is 10.7. The minimum absolute atomic E-state index is 0. The highest BCUT2D eigenvalue weighted by Crippen LogP contribution is 2.35. The molecule has 0 radical (unpaired) electrons. The van der Waals surface area contributed by atoms with Crippen LogP contribution in [0.25, 0.3) is 0 Å². The van der Waals surface area contributed by atoms with Gasteiger partial charge in [0, 0.05) is 5.69 Å².